The molecule has 1 rings (SSSR count). The van der Waals surface area contributed by atoms with E-state index in [0.29, 0.717) is 6.54 Å². The molecule has 0 heterocycles. The molecule has 0 amide bonds. The highest BCUT2D eigenvalue weighted by molar-refractivity contribution is 5.58. The van der Waals surface area contributed by atoms with E-state index in [1.807, 2.05) is 0 Å². The molecule has 0 aliphatic heterocycles. The van der Waals surface area contributed by atoms with Gasteiger partial charge >= 0.3 is 0 Å². The van der Waals surface area contributed by atoms with Crippen molar-refractivity contribution in [1.82, 2.24) is 0 Å². The van der Waals surface area contributed by atoms with Gasteiger partial charge in [0.15, 0.2) is 5.82 Å². The minimum Gasteiger partial charge on any atom is -0.396 e. The Morgan fingerprint density at radius 1 is 1.50 bits per heavy atom. The zero-order valence-electron chi connectivity index (χ0n) is 7.93. The molecule has 0 spiro atoms. The summed E-state index contributed by atoms with van der Waals surface area (Å²) in [6.45, 7) is 3.85. The van der Waals surface area contributed by atoms with E-state index >= 15 is 0 Å². The van der Waals surface area contributed by atoms with E-state index in [4.69, 9.17) is 5.73 Å². The van der Waals surface area contributed by atoms with E-state index in [1.165, 1.54) is 11.0 Å². The first-order valence-corrected chi connectivity index (χ1v) is 4.13. The van der Waals surface area contributed by atoms with Gasteiger partial charge in [-0.3, -0.25) is 0 Å². The fourth-order valence-electron chi connectivity index (χ4n) is 1.19. The lowest BCUT2D eigenvalue weighted by Gasteiger charge is -2.19. The van der Waals surface area contributed by atoms with Crippen molar-refractivity contribution in [3.05, 3.63) is 36.4 Å². The summed E-state index contributed by atoms with van der Waals surface area (Å²) in [5, 5.41) is 0. The van der Waals surface area contributed by atoms with Crippen LogP contribution in [0.3, 0.4) is 0 Å². The first kappa shape index (κ1) is 10.5. The van der Waals surface area contributed by atoms with Crippen molar-refractivity contribution in [3.63, 3.8) is 0 Å². The van der Waals surface area contributed by atoms with E-state index in [9.17, 15) is 8.78 Å². The van der Waals surface area contributed by atoms with Crippen molar-refractivity contribution in [2.24, 2.45) is 0 Å². The minimum atomic E-state index is -0.727. The molecule has 1 aromatic rings. The highest BCUT2D eigenvalue weighted by Crippen LogP contribution is 2.26. The molecular formula is C10H12F2N2. The minimum absolute atomic E-state index is 0.0580. The Labute approximate surface area is 81.6 Å². The Hall–Kier alpha value is -1.58. The van der Waals surface area contributed by atoms with Crippen LogP contribution in [0.25, 0.3) is 0 Å². The van der Waals surface area contributed by atoms with Crippen molar-refractivity contribution in [3.8, 4) is 0 Å². The van der Waals surface area contributed by atoms with Gasteiger partial charge in [-0.05, 0) is 12.1 Å². The monoisotopic (exact) mass is 198 g/mol. The topological polar surface area (TPSA) is 29.3 Å². The van der Waals surface area contributed by atoms with Gasteiger partial charge in [0.25, 0.3) is 0 Å². The molecule has 2 nitrogen and oxygen atoms in total. The van der Waals surface area contributed by atoms with Gasteiger partial charge in [-0.1, -0.05) is 6.08 Å². The summed E-state index contributed by atoms with van der Waals surface area (Å²) in [5.74, 6) is -1.35. The second kappa shape index (κ2) is 4.09. The number of rotatable bonds is 3. The van der Waals surface area contributed by atoms with E-state index in [1.54, 1.807) is 13.1 Å². The Kier molecular flexibility index (Phi) is 3.06. The van der Waals surface area contributed by atoms with Gasteiger partial charge in [-0.25, -0.2) is 8.78 Å². The van der Waals surface area contributed by atoms with Crippen LogP contribution in [0.15, 0.2) is 24.8 Å². The summed E-state index contributed by atoms with van der Waals surface area (Å²) >= 11 is 0. The molecule has 0 bridgehead atoms. The molecule has 4 heteroatoms. The lowest BCUT2D eigenvalue weighted by molar-refractivity contribution is 0.583. The number of benzene rings is 1. The van der Waals surface area contributed by atoms with Crippen molar-refractivity contribution < 1.29 is 8.78 Å². The van der Waals surface area contributed by atoms with Crippen LogP contribution in [0.4, 0.5) is 20.2 Å². The molecule has 76 valence electrons. The van der Waals surface area contributed by atoms with Gasteiger partial charge in [-0.15, -0.1) is 6.58 Å². The number of likely N-dealkylation sites (N-methyl/N-ethyl adjacent to an activating group) is 1. The number of nitrogens with zero attached hydrogens (tertiary/aromatic N) is 1. The predicted molar refractivity (Wildman–Crippen MR) is 54.2 cm³/mol. The molecule has 0 unspecified atom stereocenters. The summed E-state index contributed by atoms with van der Waals surface area (Å²) in [6.07, 6.45) is 1.56. The highest BCUT2D eigenvalue weighted by atomic mass is 19.1. The summed E-state index contributed by atoms with van der Waals surface area (Å²) < 4.78 is 26.6. The van der Waals surface area contributed by atoms with Crippen LogP contribution in [0.5, 0.6) is 0 Å². The average molecular weight is 198 g/mol. The second-order valence-corrected chi connectivity index (χ2v) is 2.97. The van der Waals surface area contributed by atoms with Crippen LogP contribution in [-0.2, 0) is 0 Å². The van der Waals surface area contributed by atoms with Crippen LogP contribution < -0.4 is 10.6 Å². The molecule has 0 saturated heterocycles. The SMILES string of the molecule is C=CCN(C)c1c(F)ccc(N)c1F. The molecule has 0 fully saturated rings. The lowest BCUT2D eigenvalue weighted by atomic mass is 10.2. The van der Waals surface area contributed by atoms with Crippen LogP contribution in [0, 0.1) is 11.6 Å². The zero-order valence-corrected chi connectivity index (χ0v) is 7.93. The third kappa shape index (κ3) is 1.84. The summed E-state index contributed by atoms with van der Waals surface area (Å²) in [4.78, 5) is 1.41. The fourth-order valence-corrected chi connectivity index (χ4v) is 1.19. The summed E-state index contributed by atoms with van der Waals surface area (Å²) in [5.41, 5.74) is 5.15. The Morgan fingerprint density at radius 3 is 2.71 bits per heavy atom. The van der Waals surface area contributed by atoms with Crippen molar-refractivity contribution in [2.75, 3.05) is 24.2 Å². The molecule has 0 radical (unpaired) electrons. The van der Waals surface area contributed by atoms with E-state index < -0.39 is 11.6 Å². The maximum Gasteiger partial charge on any atom is 0.172 e. The molecule has 0 aliphatic rings. The molecule has 1 aromatic carbocycles. The molecule has 0 atom stereocenters. The number of nitrogen functional groups attached to an aromatic ring is 1. The van der Waals surface area contributed by atoms with Crippen LogP contribution in [-0.4, -0.2) is 13.6 Å². The van der Waals surface area contributed by atoms with Gasteiger partial charge in [-0.2, -0.15) is 0 Å². The predicted octanol–water partition coefficient (Wildman–Crippen LogP) is 2.17. The fraction of sp³-hybridized carbons (Fsp3) is 0.200. The molecule has 0 saturated carbocycles. The van der Waals surface area contributed by atoms with Crippen LogP contribution in [0.1, 0.15) is 0 Å². The number of nitrogens with two attached hydrogens (primary N) is 1. The molecule has 0 aliphatic carbocycles. The third-order valence-corrected chi connectivity index (χ3v) is 1.88. The Morgan fingerprint density at radius 2 is 2.14 bits per heavy atom. The number of anilines is 2. The average Bonchev–Trinajstić information content (AvgIpc) is 2.13. The normalized spacial score (nSPS) is 9.93. The zero-order chi connectivity index (χ0) is 10.7. The highest BCUT2D eigenvalue weighted by Gasteiger charge is 2.14. The standard InChI is InChI=1S/C10H12F2N2/c1-3-6-14(2)10-7(11)4-5-8(13)9(10)12/h3-5H,1,6,13H2,2H3. The lowest BCUT2D eigenvalue weighted by Crippen LogP contribution is -2.20. The number of hydrogen-bond donors (Lipinski definition) is 1. The van der Waals surface area contributed by atoms with Gasteiger partial charge in [0.2, 0.25) is 0 Å². The van der Waals surface area contributed by atoms with E-state index in [0.717, 1.165) is 6.07 Å². The van der Waals surface area contributed by atoms with Gasteiger partial charge < -0.3 is 10.6 Å². The molecular weight excluding hydrogens is 186 g/mol. The molecule has 2 N–H and O–H groups in total. The van der Waals surface area contributed by atoms with Gasteiger partial charge in [0.05, 0.1) is 5.69 Å². The summed E-state index contributed by atoms with van der Waals surface area (Å²) in [6, 6.07) is 2.35. The quantitative estimate of drug-likeness (QED) is 0.595. The maximum atomic E-state index is 13.4. The van der Waals surface area contributed by atoms with Gasteiger partial charge in [0.1, 0.15) is 11.5 Å². The van der Waals surface area contributed by atoms with Crippen molar-refractivity contribution in [2.45, 2.75) is 0 Å². The van der Waals surface area contributed by atoms with Crippen molar-refractivity contribution in [1.29, 1.82) is 0 Å². The number of hydrogen-bond acceptors (Lipinski definition) is 2. The van der Waals surface area contributed by atoms with E-state index in [2.05, 4.69) is 6.58 Å². The second-order valence-electron chi connectivity index (χ2n) is 2.97. The largest absolute Gasteiger partial charge is 0.396 e. The third-order valence-electron chi connectivity index (χ3n) is 1.88. The molecule has 0 aromatic heterocycles. The maximum absolute atomic E-state index is 13.4. The van der Waals surface area contributed by atoms with Crippen molar-refractivity contribution >= 4 is 11.4 Å². The van der Waals surface area contributed by atoms with Gasteiger partial charge in [0, 0.05) is 13.6 Å². The van der Waals surface area contributed by atoms with Crippen LogP contribution >= 0.6 is 0 Å². The Balaban J connectivity index is 3.17. The van der Waals surface area contributed by atoms with E-state index in [-0.39, 0.29) is 11.4 Å². The first-order valence-electron chi connectivity index (χ1n) is 4.13. The first-order chi connectivity index (χ1) is 6.57. The molecule has 14 heavy (non-hydrogen) atoms. The van der Waals surface area contributed by atoms with Crippen LogP contribution in [0.2, 0.25) is 0 Å². The summed E-state index contributed by atoms with van der Waals surface area (Å²) in [7, 11) is 1.57. The smallest absolute Gasteiger partial charge is 0.172 e. The Bertz CT molecular complexity index is 350. The number of halogens is 2.